The van der Waals surface area contributed by atoms with Crippen molar-refractivity contribution in [2.45, 2.75) is 0 Å². The van der Waals surface area contributed by atoms with Crippen molar-refractivity contribution in [2.75, 3.05) is 20.8 Å². The second kappa shape index (κ2) is 1.05. The van der Waals surface area contributed by atoms with Gasteiger partial charge in [-0.3, -0.25) is 0 Å². The topological polar surface area (TPSA) is 7.45 Å². The van der Waals surface area contributed by atoms with Crippen LogP contribution >= 0.6 is 0 Å². The SMILES string of the molecule is C[N+]1=C[NH+](C)C1. The monoisotopic (exact) mass is 86.1 g/mol. The molecule has 0 amide bonds. The number of quaternary nitrogens is 1. The van der Waals surface area contributed by atoms with Crippen molar-refractivity contribution < 1.29 is 9.48 Å². The summed E-state index contributed by atoms with van der Waals surface area (Å²) in [5, 5.41) is 0. The van der Waals surface area contributed by atoms with Crippen LogP contribution < -0.4 is 4.90 Å². The summed E-state index contributed by atoms with van der Waals surface area (Å²) in [6.45, 7) is 1.17. The quantitative estimate of drug-likeness (QED) is 0.331. The highest BCUT2D eigenvalue weighted by molar-refractivity contribution is 5.37. The van der Waals surface area contributed by atoms with Crippen LogP contribution in [0.5, 0.6) is 0 Å². The molecule has 0 aromatic rings. The summed E-state index contributed by atoms with van der Waals surface area (Å²) >= 11 is 0. The van der Waals surface area contributed by atoms with Gasteiger partial charge in [0.05, 0.1) is 7.05 Å². The lowest BCUT2D eigenvalue weighted by Gasteiger charge is -2.09. The Balaban J connectivity index is 2.46. The summed E-state index contributed by atoms with van der Waals surface area (Å²) in [7, 11) is 4.22. The molecule has 1 aliphatic rings. The van der Waals surface area contributed by atoms with Gasteiger partial charge in [0.15, 0.2) is 0 Å². The van der Waals surface area contributed by atoms with Crippen molar-refractivity contribution in [2.24, 2.45) is 0 Å². The van der Waals surface area contributed by atoms with Gasteiger partial charge >= 0.3 is 6.34 Å². The van der Waals surface area contributed by atoms with Crippen LogP contribution in [0.4, 0.5) is 0 Å². The maximum atomic E-state index is 2.16. The molecule has 2 nitrogen and oxygen atoms in total. The van der Waals surface area contributed by atoms with Crippen LogP contribution in [0, 0.1) is 0 Å². The minimum atomic E-state index is 1.17. The number of nitrogens with one attached hydrogen (secondary N) is 1. The lowest BCUT2D eigenvalue weighted by Crippen LogP contribution is -3.15. The summed E-state index contributed by atoms with van der Waals surface area (Å²) in [6.07, 6.45) is 2.14. The molecule has 6 heavy (non-hydrogen) atoms. The fraction of sp³-hybridized carbons (Fsp3) is 0.750. The van der Waals surface area contributed by atoms with Gasteiger partial charge in [-0.2, -0.15) is 0 Å². The third-order valence-electron chi connectivity index (χ3n) is 0.940. The van der Waals surface area contributed by atoms with E-state index >= 15 is 0 Å². The molecule has 1 unspecified atom stereocenters. The van der Waals surface area contributed by atoms with E-state index in [0.717, 1.165) is 0 Å². The van der Waals surface area contributed by atoms with Crippen LogP contribution in [0.15, 0.2) is 0 Å². The van der Waals surface area contributed by atoms with Crippen molar-refractivity contribution in [3.63, 3.8) is 0 Å². The Hall–Kier alpha value is -0.370. The van der Waals surface area contributed by atoms with E-state index in [1.807, 2.05) is 0 Å². The van der Waals surface area contributed by atoms with Crippen LogP contribution in [0.3, 0.4) is 0 Å². The average molecular weight is 86.1 g/mol. The molecule has 1 N–H and O–H groups in total. The van der Waals surface area contributed by atoms with Crippen molar-refractivity contribution in [3.05, 3.63) is 0 Å². The van der Waals surface area contributed by atoms with Gasteiger partial charge in [-0.15, -0.1) is 4.58 Å². The first kappa shape index (κ1) is 3.81. The van der Waals surface area contributed by atoms with E-state index < -0.39 is 0 Å². The lowest BCUT2D eigenvalue weighted by atomic mass is 10.7. The molecule has 0 aromatic heterocycles. The number of rotatable bonds is 0. The Morgan fingerprint density at radius 2 is 2.33 bits per heavy atom. The summed E-state index contributed by atoms with van der Waals surface area (Å²) in [5.41, 5.74) is 0. The zero-order valence-electron chi connectivity index (χ0n) is 4.23. The maximum Gasteiger partial charge on any atom is 0.334 e. The molecule has 1 rings (SSSR count). The van der Waals surface area contributed by atoms with Crippen molar-refractivity contribution in [1.29, 1.82) is 0 Å². The second-order valence-corrected chi connectivity index (χ2v) is 1.89. The molecule has 0 aromatic carbocycles. The van der Waals surface area contributed by atoms with E-state index in [2.05, 4.69) is 25.0 Å². The molecule has 0 spiro atoms. The molecule has 0 radical (unpaired) electrons. The Kier molecular flexibility index (Phi) is 0.665. The van der Waals surface area contributed by atoms with Crippen LogP contribution in [-0.2, 0) is 0 Å². The molecule has 1 atom stereocenters. The molecule has 0 aliphatic carbocycles. The number of hydrogen-bond donors (Lipinski definition) is 1. The summed E-state index contributed by atoms with van der Waals surface area (Å²) in [5.74, 6) is 0. The minimum absolute atomic E-state index is 1.17. The van der Waals surface area contributed by atoms with Gasteiger partial charge in [0, 0.05) is 0 Å². The first-order chi connectivity index (χ1) is 2.79. The smallest absolute Gasteiger partial charge is 0.202 e. The highest BCUT2D eigenvalue weighted by Gasteiger charge is 2.17. The van der Waals surface area contributed by atoms with Gasteiger partial charge in [0.25, 0.3) is 6.67 Å². The molecule has 0 fully saturated rings. The van der Waals surface area contributed by atoms with Crippen molar-refractivity contribution in [3.8, 4) is 0 Å². The van der Waals surface area contributed by atoms with Gasteiger partial charge in [0.1, 0.15) is 7.05 Å². The van der Waals surface area contributed by atoms with E-state index in [9.17, 15) is 0 Å². The van der Waals surface area contributed by atoms with Crippen molar-refractivity contribution >= 4 is 6.34 Å². The van der Waals surface area contributed by atoms with E-state index in [-0.39, 0.29) is 0 Å². The second-order valence-electron chi connectivity index (χ2n) is 1.89. The standard InChI is InChI=1S/C4H9N2/c1-5-3-6(2)4-5/h3H,4H2,1-2H3/q+1/p+1. The molecule has 34 valence electrons. The Bertz CT molecular complexity index is 85.5. The molecule has 1 heterocycles. The van der Waals surface area contributed by atoms with Gasteiger partial charge < -0.3 is 0 Å². The van der Waals surface area contributed by atoms with E-state index in [0.29, 0.717) is 0 Å². The molecule has 1 aliphatic heterocycles. The molecule has 2 heteroatoms. The zero-order chi connectivity index (χ0) is 4.57. The number of nitrogens with zero attached hydrogens (tertiary/aromatic N) is 1. The van der Waals surface area contributed by atoms with Crippen molar-refractivity contribution in [1.82, 2.24) is 0 Å². The van der Waals surface area contributed by atoms with Crippen LogP contribution in [-0.4, -0.2) is 31.7 Å². The normalized spacial score (nSPS) is 31.7. The highest BCUT2D eigenvalue weighted by Crippen LogP contribution is 1.56. The molecular formula is C4H10N2+2. The van der Waals surface area contributed by atoms with Crippen LogP contribution in [0.2, 0.25) is 0 Å². The fourth-order valence-electron chi connectivity index (χ4n) is 0.744. The third-order valence-corrected chi connectivity index (χ3v) is 0.940. The summed E-state index contributed by atoms with van der Waals surface area (Å²) in [4.78, 5) is 1.48. The maximum absolute atomic E-state index is 2.16. The predicted octanol–water partition coefficient (Wildman–Crippen LogP) is -1.86. The minimum Gasteiger partial charge on any atom is -0.202 e. The average Bonchev–Trinajstić information content (AvgIpc) is 1.33. The van der Waals surface area contributed by atoms with Crippen LogP contribution in [0.25, 0.3) is 0 Å². The van der Waals surface area contributed by atoms with E-state index in [1.54, 1.807) is 0 Å². The van der Waals surface area contributed by atoms with Gasteiger partial charge in [-0.1, -0.05) is 0 Å². The summed E-state index contributed by atoms with van der Waals surface area (Å²) in [6, 6.07) is 0. The highest BCUT2D eigenvalue weighted by atomic mass is 15.3. The number of hydrogen-bond acceptors (Lipinski definition) is 0. The third kappa shape index (κ3) is 0.431. The molecule has 0 saturated carbocycles. The fourth-order valence-corrected chi connectivity index (χ4v) is 0.744. The predicted molar refractivity (Wildman–Crippen MR) is 24.0 cm³/mol. The molecular weight excluding hydrogens is 76.1 g/mol. The summed E-state index contributed by atoms with van der Waals surface area (Å²) < 4.78 is 2.16. The first-order valence-electron chi connectivity index (χ1n) is 2.16. The van der Waals surface area contributed by atoms with Gasteiger partial charge in [0.2, 0.25) is 0 Å². The lowest BCUT2D eigenvalue weighted by molar-refractivity contribution is -0.958. The van der Waals surface area contributed by atoms with Gasteiger partial charge in [-0.25, -0.2) is 4.90 Å². The molecule has 0 saturated heterocycles. The van der Waals surface area contributed by atoms with E-state index in [4.69, 9.17) is 0 Å². The largest absolute Gasteiger partial charge is 0.334 e. The zero-order valence-corrected chi connectivity index (χ0v) is 4.23. The Morgan fingerprint density at radius 3 is 2.33 bits per heavy atom. The van der Waals surface area contributed by atoms with Crippen LogP contribution in [0.1, 0.15) is 0 Å². The molecule has 0 bridgehead atoms. The first-order valence-corrected chi connectivity index (χ1v) is 2.16. The van der Waals surface area contributed by atoms with Gasteiger partial charge in [-0.05, 0) is 0 Å². The Labute approximate surface area is 37.7 Å². The Morgan fingerprint density at radius 1 is 1.83 bits per heavy atom. The van der Waals surface area contributed by atoms with E-state index in [1.165, 1.54) is 11.6 Å².